The topological polar surface area (TPSA) is 37.5 Å². The SMILES string of the molecule is FC(F)(F)c1cccc(-c2cccc3coc(C4=NCCN4)c23)c1. The Balaban J connectivity index is 1.93. The number of fused-ring (bicyclic) bond motifs is 1. The van der Waals surface area contributed by atoms with E-state index in [9.17, 15) is 13.2 Å². The molecule has 3 nitrogen and oxygen atoms in total. The Hall–Kier alpha value is -2.76. The minimum absolute atomic E-state index is 0.497. The number of amidine groups is 1. The van der Waals surface area contributed by atoms with Crippen molar-refractivity contribution in [3.63, 3.8) is 0 Å². The molecule has 1 N–H and O–H groups in total. The van der Waals surface area contributed by atoms with Crippen molar-refractivity contribution in [3.8, 4) is 11.1 Å². The van der Waals surface area contributed by atoms with Crippen molar-refractivity contribution in [2.75, 3.05) is 13.1 Å². The zero-order valence-corrected chi connectivity index (χ0v) is 12.5. The molecule has 2 heterocycles. The lowest BCUT2D eigenvalue weighted by Gasteiger charge is -2.10. The van der Waals surface area contributed by atoms with Crippen LogP contribution < -0.4 is 5.32 Å². The summed E-state index contributed by atoms with van der Waals surface area (Å²) in [5, 5.41) is 4.74. The van der Waals surface area contributed by atoms with Gasteiger partial charge in [-0.05, 0) is 23.3 Å². The van der Waals surface area contributed by atoms with E-state index in [4.69, 9.17) is 4.42 Å². The number of aliphatic imine (C=N–C) groups is 1. The number of furan rings is 1. The minimum atomic E-state index is -4.37. The maximum Gasteiger partial charge on any atom is 0.416 e. The summed E-state index contributed by atoms with van der Waals surface area (Å²) in [6, 6.07) is 10.8. The monoisotopic (exact) mass is 330 g/mol. The molecule has 0 spiro atoms. The molecule has 0 unspecified atom stereocenters. The summed E-state index contributed by atoms with van der Waals surface area (Å²) in [7, 11) is 0. The Kier molecular flexibility index (Phi) is 3.33. The summed E-state index contributed by atoms with van der Waals surface area (Å²) in [4.78, 5) is 4.35. The number of nitrogens with zero attached hydrogens (tertiary/aromatic N) is 1. The molecule has 0 radical (unpaired) electrons. The highest BCUT2D eigenvalue weighted by Crippen LogP contribution is 2.36. The molecule has 2 aromatic carbocycles. The Morgan fingerprint density at radius 3 is 2.67 bits per heavy atom. The van der Waals surface area contributed by atoms with Crippen LogP contribution in [0.1, 0.15) is 11.3 Å². The van der Waals surface area contributed by atoms with Crippen molar-refractivity contribution < 1.29 is 17.6 Å². The van der Waals surface area contributed by atoms with E-state index >= 15 is 0 Å². The molecule has 122 valence electrons. The molecule has 1 aromatic heterocycles. The van der Waals surface area contributed by atoms with Gasteiger partial charge in [0.1, 0.15) is 0 Å². The zero-order valence-electron chi connectivity index (χ0n) is 12.5. The molecule has 0 atom stereocenters. The molecular formula is C18H13F3N2O. The van der Waals surface area contributed by atoms with E-state index in [0.29, 0.717) is 29.3 Å². The van der Waals surface area contributed by atoms with E-state index in [1.165, 1.54) is 6.07 Å². The van der Waals surface area contributed by atoms with Gasteiger partial charge >= 0.3 is 6.18 Å². The van der Waals surface area contributed by atoms with Crippen LogP contribution in [-0.4, -0.2) is 18.9 Å². The van der Waals surface area contributed by atoms with Gasteiger partial charge in [0.15, 0.2) is 11.6 Å². The molecule has 4 rings (SSSR count). The summed E-state index contributed by atoms with van der Waals surface area (Å²) in [6.45, 7) is 1.38. The van der Waals surface area contributed by atoms with Crippen LogP contribution in [0, 0.1) is 0 Å². The predicted octanol–water partition coefficient (Wildman–Crippen LogP) is 4.47. The van der Waals surface area contributed by atoms with Crippen LogP contribution in [0.5, 0.6) is 0 Å². The number of hydrogen-bond donors (Lipinski definition) is 1. The number of halogens is 3. The number of rotatable bonds is 2. The molecule has 0 fully saturated rings. The van der Waals surface area contributed by atoms with Gasteiger partial charge in [0.25, 0.3) is 0 Å². The first-order chi connectivity index (χ1) is 11.5. The van der Waals surface area contributed by atoms with Crippen molar-refractivity contribution in [2.24, 2.45) is 4.99 Å². The molecule has 0 saturated carbocycles. The van der Waals surface area contributed by atoms with Crippen LogP contribution in [0.15, 0.2) is 58.1 Å². The van der Waals surface area contributed by atoms with Gasteiger partial charge in [-0.1, -0.05) is 30.3 Å². The average Bonchev–Trinajstić information content (AvgIpc) is 3.22. The van der Waals surface area contributed by atoms with E-state index in [-0.39, 0.29) is 0 Å². The van der Waals surface area contributed by atoms with Crippen molar-refractivity contribution in [1.29, 1.82) is 0 Å². The van der Waals surface area contributed by atoms with Crippen molar-refractivity contribution >= 4 is 16.6 Å². The van der Waals surface area contributed by atoms with Crippen molar-refractivity contribution in [3.05, 3.63) is 60.1 Å². The summed E-state index contributed by atoms with van der Waals surface area (Å²) < 4.78 is 44.7. The lowest BCUT2D eigenvalue weighted by molar-refractivity contribution is -0.137. The first-order valence-electron chi connectivity index (χ1n) is 7.50. The third-order valence-corrected chi connectivity index (χ3v) is 4.02. The van der Waals surface area contributed by atoms with Gasteiger partial charge in [0.05, 0.1) is 18.4 Å². The third kappa shape index (κ3) is 2.44. The number of nitrogens with one attached hydrogen (secondary N) is 1. The summed E-state index contributed by atoms with van der Waals surface area (Å²) in [5.41, 5.74) is 0.522. The quantitative estimate of drug-likeness (QED) is 0.753. The van der Waals surface area contributed by atoms with Gasteiger partial charge in [-0.2, -0.15) is 13.2 Å². The molecule has 0 saturated heterocycles. The maximum atomic E-state index is 13.0. The minimum Gasteiger partial charge on any atom is -0.460 e. The van der Waals surface area contributed by atoms with Crippen molar-refractivity contribution in [2.45, 2.75) is 6.18 Å². The van der Waals surface area contributed by atoms with E-state index in [2.05, 4.69) is 10.3 Å². The molecule has 3 aromatic rings. The smallest absolute Gasteiger partial charge is 0.416 e. The Morgan fingerprint density at radius 1 is 1.08 bits per heavy atom. The van der Waals surface area contributed by atoms with Crippen LogP contribution >= 0.6 is 0 Å². The Labute approximate surface area is 135 Å². The number of alkyl halides is 3. The Morgan fingerprint density at radius 2 is 1.92 bits per heavy atom. The average molecular weight is 330 g/mol. The first kappa shape index (κ1) is 14.8. The largest absolute Gasteiger partial charge is 0.460 e. The van der Waals surface area contributed by atoms with Gasteiger partial charge in [0, 0.05) is 17.3 Å². The summed E-state index contributed by atoms with van der Waals surface area (Å²) >= 11 is 0. The molecular weight excluding hydrogens is 317 g/mol. The van der Waals surface area contributed by atoms with Gasteiger partial charge in [-0.15, -0.1) is 0 Å². The second kappa shape index (κ2) is 5.40. The summed E-state index contributed by atoms with van der Waals surface area (Å²) in [6.07, 6.45) is -2.77. The molecule has 1 aliphatic heterocycles. The number of hydrogen-bond acceptors (Lipinski definition) is 3. The van der Waals surface area contributed by atoms with E-state index in [0.717, 1.165) is 29.4 Å². The third-order valence-electron chi connectivity index (χ3n) is 4.02. The fourth-order valence-electron chi connectivity index (χ4n) is 2.93. The van der Waals surface area contributed by atoms with Crippen LogP contribution in [0.2, 0.25) is 0 Å². The molecule has 24 heavy (non-hydrogen) atoms. The van der Waals surface area contributed by atoms with Gasteiger partial charge < -0.3 is 9.73 Å². The second-order valence-corrected chi connectivity index (χ2v) is 5.57. The first-order valence-corrected chi connectivity index (χ1v) is 7.50. The molecule has 6 heteroatoms. The van der Waals surface area contributed by atoms with Crippen LogP contribution in [0.4, 0.5) is 13.2 Å². The molecule has 1 aliphatic rings. The lowest BCUT2D eigenvalue weighted by atomic mass is 9.97. The lowest BCUT2D eigenvalue weighted by Crippen LogP contribution is -2.19. The fourth-order valence-corrected chi connectivity index (χ4v) is 2.93. The highest BCUT2D eigenvalue weighted by atomic mass is 19.4. The van der Waals surface area contributed by atoms with Crippen LogP contribution in [0.3, 0.4) is 0 Å². The van der Waals surface area contributed by atoms with Gasteiger partial charge in [-0.3, -0.25) is 4.99 Å². The van der Waals surface area contributed by atoms with Crippen LogP contribution in [-0.2, 0) is 6.18 Å². The highest BCUT2D eigenvalue weighted by Gasteiger charge is 2.30. The highest BCUT2D eigenvalue weighted by molar-refractivity contribution is 6.12. The van der Waals surface area contributed by atoms with E-state index in [1.807, 2.05) is 6.07 Å². The predicted molar refractivity (Wildman–Crippen MR) is 86.1 cm³/mol. The Bertz CT molecular complexity index is 941. The molecule has 0 aliphatic carbocycles. The number of benzene rings is 2. The van der Waals surface area contributed by atoms with E-state index in [1.54, 1.807) is 24.5 Å². The second-order valence-electron chi connectivity index (χ2n) is 5.57. The molecule has 0 bridgehead atoms. The normalized spacial score (nSPS) is 14.7. The van der Waals surface area contributed by atoms with Gasteiger partial charge in [0.2, 0.25) is 0 Å². The van der Waals surface area contributed by atoms with Crippen molar-refractivity contribution in [1.82, 2.24) is 5.32 Å². The molecule has 0 amide bonds. The zero-order chi connectivity index (χ0) is 16.7. The van der Waals surface area contributed by atoms with Gasteiger partial charge in [-0.25, -0.2) is 0 Å². The fraction of sp³-hybridized carbons (Fsp3) is 0.167. The van der Waals surface area contributed by atoms with E-state index < -0.39 is 11.7 Å². The van der Waals surface area contributed by atoms with Crippen LogP contribution in [0.25, 0.3) is 21.9 Å². The standard InChI is InChI=1S/C18H13F3N2O/c19-18(20,21)13-5-1-3-11(9-13)14-6-2-4-12-10-24-16(15(12)14)17-22-7-8-23-17/h1-6,9-10H,7-8H2,(H,22,23). The maximum absolute atomic E-state index is 13.0. The summed E-state index contributed by atoms with van der Waals surface area (Å²) in [5.74, 6) is 1.21.